The fourth-order valence-corrected chi connectivity index (χ4v) is 2.04. The first kappa shape index (κ1) is 9.27. The number of hydrogen-bond donors (Lipinski definition) is 1. The minimum Gasteiger partial charge on any atom is -0.481 e. The number of likely N-dealkylation sites (N-methyl/N-ethyl adjacent to an activating group) is 1. The van der Waals surface area contributed by atoms with Gasteiger partial charge in [-0.2, -0.15) is 0 Å². The molecule has 1 aliphatic heterocycles. The lowest BCUT2D eigenvalue weighted by molar-refractivity contribution is -0.141. The molecule has 1 saturated heterocycles. The summed E-state index contributed by atoms with van der Waals surface area (Å²) < 4.78 is 5.26. The van der Waals surface area contributed by atoms with E-state index in [1.807, 2.05) is 18.0 Å². The topological polar surface area (TPSA) is 53.7 Å². The van der Waals surface area contributed by atoms with Gasteiger partial charge in [-0.25, -0.2) is 0 Å². The molecule has 1 fully saturated rings. The predicted octanol–water partition coefficient (Wildman–Crippen LogP) is 1.01. The minimum absolute atomic E-state index is 0.00694. The second-order valence-corrected chi connectivity index (χ2v) is 3.79. The van der Waals surface area contributed by atoms with Gasteiger partial charge in [-0.3, -0.25) is 4.79 Å². The minimum atomic E-state index is -0.740. The molecule has 0 aliphatic carbocycles. The van der Waals surface area contributed by atoms with Crippen molar-refractivity contribution < 1.29 is 14.3 Å². The van der Waals surface area contributed by atoms with Crippen LogP contribution in [0.4, 0.5) is 0 Å². The first-order valence-electron chi connectivity index (χ1n) is 4.63. The number of carboxylic acid groups (broad SMARTS) is 1. The first-order chi connectivity index (χ1) is 6.68. The molecule has 4 nitrogen and oxygen atoms in total. The number of carboxylic acids is 1. The molecule has 0 radical (unpaired) electrons. The fraction of sp³-hybridized carbons (Fsp3) is 0.500. The normalized spacial score (nSPS) is 28.1. The van der Waals surface area contributed by atoms with Gasteiger partial charge < -0.3 is 14.4 Å². The number of likely N-dealkylation sites (tertiary alicyclic amines) is 1. The van der Waals surface area contributed by atoms with Crippen molar-refractivity contribution in [3.8, 4) is 0 Å². The van der Waals surface area contributed by atoms with Gasteiger partial charge in [0.05, 0.1) is 12.2 Å². The van der Waals surface area contributed by atoms with E-state index < -0.39 is 5.97 Å². The highest BCUT2D eigenvalue weighted by Gasteiger charge is 2.38. The highest BCUT2D eigenvalue weighted by atomic mass is 16.4. The number of nitrogens with zero attached hydrogens (tertiary/aromatic N) is 1. The van der Waals surface area contributed by atoms with Crippen LogP contribution in [0.5, 0.6) is 0 Å². The summed E-state index contributed by atoms with van der Waals surface area (Å²) in [4.78, 5) is 13.0. The largest absolute Gasteiger partial charge is 0.481 e. The van der Waals surface area contributed by atoms with Gasteiger partial charge >= 0.3 is 5.97 Å². The molecule has 1 aliphatic rings. The predicted molar refractivity (Wildman–Crippen MR) is 50.1 cm³/mol. The zero-order valence-corrected chi connectivity index (χ0v) is 8.01. The van der Waals surface area contributed by atoms with Crippen LogP contribution in [0, 0.1) is 5.92 Å². The second-order valence-electron chi connectivity index (χ2n) is 3.79. The quantitative estimate of drug-likeness (QED) is 0.765. The Labute approximate surface area is 82.1 Å². The van der Waals surface area contributed by atoms with E-state index in [1.165, 1.54) is 0 Å². The van der Waals surface area contributed by atoms with E-state index in [4.69, 9.17) is 9.52 Å². The van der Waals surface area contributed by atoms with Crippen LogP contribution < -0.4 is 0 Å². The molecule has 1 N–H and O–H groups in total. The standard InChI is InChI=1S/C10H13NO3/c1-11-5-7(8(6-11)10(12)13)9-3-2-4-14-9/h2-4,7-8H,5-6H2,1H3,(H,12,13)/t7-,8-/m1/s1. The van der Waals surface area contributed by atoms with Crippen molar-refractivity contribution >= 4 is 5.97 Å². The zero-order chi connectivity index (χ0) is 10.1. The Hall–Kier alpha value is -1.29. The van der Waals surface area contributed by atoms with Crippen LogP contribution in [0.2, 0.25) is 0 Å². The highest BCUT2D eigenvalue weighted by molar-refractivity contribution is 5.72. The Kier molecular flexibility index (Phi) is 2.29. The van der Waals surface area contributed by atoms with Crippen LogP contribution in [0.1, 0.15) is 11.7 Å². The van der Waals surface area contributed by atoms with Crippen molar-refractivity contribution in [2.45, 2.75) is 5.92 Å². The monoisotopic (exact) mass is 195 g/mol. The van der Waals surface area contributed by atoms with E-state index in [0.29, 0.717) is 6.54 Å². The van der Waals surface area contributed by atoms with E-state index in [9.17, 15) is 4.79 Å². The van der Waals surface area contributed by atoms with Crippen molar-refractivity contribution in [2.24, 2.45) is 5.92 Å². The maximum Gasteiger partial charge on any atom is 0.308 e. The van der Waals surface area contributed by atoms with Gasteiger partial charge in [-0.1, -0.05) is 0 Å². The van der Waals surface area contributed by atoms with E-state index in [0.717, 1.165) is 12.3 Å². The number of aliphatic carboxylic acids is 1. The van der Waals surface area contributed by atoms with Crippen LogP contribution in [0.3, 0.4) is 0 Å². The third-order valence-electron chi connectivity index (χ3n) is 2.73. The van der Waals surface area contributed by atoms with Gasteiger partial charge in [-0.15, -0.1) is 0 Å². The summed E-state index contributed by atoms with van der Waals surface area (Å²) in [6.07, 6.45) is 1.59. The zero-order valence-electron chi connectivity index (χ0n) is 8.01. The second kappa shape index (κ2) is 3.46. The average molecular weight is 195 g/mol. The van der Waals surface area contributed by atoms with Crippen molar-refractivity contribution in [3.05, 3.63) is 24.2 Å². The summed E-state index contributed by atoms with van der Waals surface area (Å²) in [5, 5.41) is 9.03. The molecule has 0 saturated carbocycles. The molecule has 4 heteroatoms. The molecule has 0 aromatic carbocycles. The summed E-state index contributed by atoms with van der Waals surface area (Å²) in [5.74, 6) is -0.309. The molecular formula is C10H13NO3. The molecule has 0 bridgehead atoms. The maximum absolute atomic E-state index is 11.0. The average Bonchev–Trinajstić information content (AvgIpc) is 2.70. The number of carbonyl (C=O) groups is 1. The highest BCUT2D eigenvalue weighted by Crippen LogP contribution is 2.32. The van der Waals surface area contributed by atoms with Crippen LogP contribution in [-0.4, -0.2) is 36.1 Å². The molecule has 0 amide bonds. The third kappa shape index (κ3) is 1.53. The molecule has 14 heavy (non-hydrogen) atoms. The van der Waals surface area contributed by atoms with Gasteiger partial charge in [0.15, 0.2) is 0 Å². The van der Waals surface area contributed by atoms with Crippen LogP contribution >= 0.6 is 0 Å². The summed E-state index contributed by atoms with van der Waals surface area (Å²) in [6, 6.07) is 3.65. The van der Waals surface area contributed by atoms with Gasteiger partial charge in [-0.05, 0) is 19.2 Å². The van der Waals surface area contributed by atoms with Crippen molar-refractivity contribution in [1.29, 1.82) is 0 Å². The first-order valence-corrected chi connectivity index (χ1v) is 4.63. The van der Waals surface area contributed by atoms with Gasteiger partial charge in [0.25, 0.3) is 0 Å². The molecule has 1 aromatic heterocycles. The Bertz CT molecular complexity index is 320. The summed E-state index contributed by atoms with van der Waals surface area (Å²) in [5.41, 5.74) is 0. The molecule has 76 valence electrons. The smallest absolute Gasteiger partial charge is 0.308 e. The van der Waals surface area contributed by atoms with Gasteiger partial charge in [0.2, 0.25) is 0 Å². The van der Waals surface area contributed by atoms with E-state index >= 15 is 0 Å². The van der Waals surface area contributed by atoms with Gasteiger partial charge in [0.1, 0.15) is 5.76 Å². The number of furan rings is 1. The van der Waals surface area contributed by atoms with Crippen molar-refractivity contribution in [2.75, 3.05) is 20.1 Å². The molecule has 2 atom stereocenters. The molecular weight excluding hydrogens is 182 g/mol. The van der Waals surface area contributed by atoms with Crippen LogP contribution in [0.25, 0.3) is 0 Å². The maximum atomic E-state index is 11.0. The Balaban J connectivity index is 2.21. The van der Waals surface area contributed by atoms with Gasteiger partial charge in [0, 0.05) is 19.0 Å². The lowest BCUT2D eigenvalue weighted by Crippen LogP contribution is -2.21. The molecule has 1 aromatic rings. The molecule has 2 heterocycles. The summed E-state index contributed by atoms with van der Waals surface area (Å²) in [7, 11) is 1.93. The number of rotatable bonds is 2. The van der Waals surface area contributed by atoms with Crippen molar-refractivity contribution in [3.63, 3.8) is 0 Å². The number of hydrogen-bond acceptors (Lipinski definition) is 3. The van der Waals surface area contributed by atoms with Crippen LogP contribution in [0.15, 0.2) is 22.8 Å². The third-order valence-corrected chi connectivity index (χ3v) is 2.73. The SMILES string of the molecule is CN1C[C@@H](C(=O)O)[C@H](c2ccco2)C1. The van der Waals surface area contributed by atoms with E-state index in [1.54, 1.807) is 12.3 Å². The molecule has 0 spiro atoms. The fourth-order valence-electron chi connectivity index (χ4n) is 2.04. The Morgan fingerprint density at radius 1 is 1.64 bits per heavy atom. The van der Waals surface area contributed by atoms with E-state index in [2.05, 4.69) is 0 Å². The molecule has 0 unspecified atom stereocenters. The Morgan fingerprint density at radius 3 is 3.00 bits per heavy atom. The Morgan fingerprint density at radius 2 is 2.43 bits per heavy atom. The molecule has 2 rings (SSSR count). The summed E-state index contributed by atoms with van der Waals surface area (Å²) in [6.45, 7) is 1.35. The van der Waals surface area contributed by atoms with E-state index in [-0.39, 0.29) is 11.8 Å². The summed E-state index contributed by atoms with van der Waals surface area (Å²) >= 11 is 0. The van der Waals surface area contributed by atoms with Crippen LogP contribution in [-0.2, 0) is 4.79 Å². The van der Waals surface area contributed by atoms with Crippen molar-refractivity contribution in [1.82, 2.24) is 4.90 Å². The lowest BCUT2D eigenvalue weighted by atomic mass is 9.94. The lowest BCUT2D eigenvalue weighted by Gasteiger charge is -2.10.